The van der Waals surface area contributed by atoms with Gasteiger partial charge in [-0.1, -0.05) is 13.3 Å². The van der Waals surface area contributed by atoms with Crippen molar-refractivity contribution < 1.29 is 0 Å². The zero-order valence-corrected chi connectivity index (χ0v) is 11.9. The van der Waals surface area contributed by atoms with E-state index in [1.165, 1.54) is 58.4 Å². The third-order valence-electron chi connectivity index (χ3n) is 3.52. The first-order valence-corrected chi connectivity index (χ1v) is 7.41. The second kappa shape index (κ2) is 8.37. The Balaban J connectivity index is 2.10. The van der Waals surface area contributed by atoms with Crippen molar-refractivity contribution in [3.8, 4) is 0 Å². The monoisotopic (exact) mass is 244 g/mol. The molecule has 1 fully saturated rings. The topological polar surface area (TPSA) is 6.48 Å². The minimum absolute atomic E-state index is 0.775. The Morgan fingerprint density at radius 1 is 1.31 bits per heavy atom. The van der Waals surface area contributed by atoms with Crippen LogP contribution in [-0.2, 0) is 0 Å². The van der Waals surface area contributed by atoms with E-state index in [9.17, 15) is 0 Å². The molecule has 0 saturated carbocycles. The summed E-state index contributed by atoms with van der Waals surface area (Å²) in [5, 5.41) is 0. The fraction of sp³-hybridized carbons (Fsp3) is 1.00. The Morgan fingerprint density at radius 2 is 2.00 bits per heavy atom. The van der Waals surface area contributed by atoms with Crippen LogP contribution in [0.2, 0.25) is 0 Å². The lowest BCUT2D eigenvalue weighted by Crippen LogP contribution is -2.34. The number of hydrogen-bond donors (Lipinski definition) is 1. The van der Waals surface area contributed by atoms with Crippen molar-refractivity contribution in [3.05, 3.63) is 0 Å². The molecule has 0 bridgehead atoms. The largest absolute Gasteiger partial charge is 0.305 e. The van der Waals surface area contributed by atoms with Gasteiger partial charge in [-0.15, -0.1) is 0 Å². The summed E-state index contributed by atoms with van der Waals surface area (Å²) in [4.78, 5) is 5.07. The highest BCUT2D eigenvalue weighted by molar-refractivity contribution is 7.80. The Kier molecular flexibility index (Phi) is 7.50. The minimum atomic E-state index is 0.775. The lowest BCUT2D eigenvalue weighted by molar-refractivity contribution is 0.233. The lowest BCUT2D eigenvalue weighted by atomic mass is 10.1. The van der Waals surface area contributed by atoms with Crippen molar-refractivity contribution >= 4 is 12.6 Å². The molecule has 0 aromatic heterocycles. The molecule has 0 radical (unpaired) electrons. The summed E-state index contributed by atoms with van der Waals surface area (Å²) < 4.78 is 0. The van der Waals surface area contributed by atoms with E-state index in [2.05, 4.69) is 36.4 Å². The molecule has 0 aliphatic carbocycles. The zero-order valence-electron chi connectivity index (χ0n) is 11.0. The highest BCUT2D eigenvalue weighted by Crippen LogP contribution is 2.10. The van der Waals surface area contributed by atoms with Gasteiger partial charge in [0.1, 0.15) is 0 Å². The van der Waals surface area contributed by atoms with Crippen LogP contribution in [0.5, 0.6) is 0 Å². The summed E-state index contributed by atoms with van der Waals surface area (Å²) in [6.07, 6.45) is 5.40. The molecule has 1 rings (SSSR count). The van der Waals surface area contributed by atoms with E-state index in [1.54, 1.807) is 0 Å². The zero-order chi connectivity index (χ0) is 11.8. The smallest absolute Gasteiger partial charge is 0.0109 e. The molecule has 0 amide bonds. The summed E-state index contributed by atoms with van der Waals surface area (Å²) in [5.74, 6) is 1.80. The first-order chi connectivity index (χ1) is 7.76. The van der Waals surface area contributed by atoms with Gasteiger partial charge < -0.3 is 9.80 Å². The molecule has 1 aliphatic heterocycles. The maximum absolute atomic E-state index is 4.44. The molecule has 1 unspecified atom stereocenters. The van der Waals surface area contributed by atoms with E-state index >= 15 is 0 Å². The average molecular weight is 244 g/mol. The predicted molar refractivity (Wildman–Crippen MR) is 75.4 cm³/mol. The summed E-state index contributed by atoms with van der Waals surface area (Å²) in [6.45, 7) is 8.58. The SMILES string of the molecule is CCCC(CS)CN(C)CCN1CCCC1. The molecule has 0 aromatic carbocycles. The van der Waals surface area contributed by atoms with Crippen molar-refractivity contribution in [3.63, 3.8) is 0 Å². The minimum Gasteiger partial charge on any atom is -0.305 e. The molecule has 3 heteroatoms. The highest BCUT2D eigenvalue weighted by Gasteiger charge is 2.13. The Labute approximate surface area is 107 Å². The van der Waals surface area contributed by atoms with Gasteiger partial charge in [0.25, 0.3) is 0 Å². The molecular formula is C13H28N2S. The number of likely N-dealkylation sites (tertiary alicyclic amines) is 1. The molecule has 0 N–H and O–H groups in total. The van der Waals surface area contributed by atoms with Gasteiger partial charge in [-0.3, -0.25) is 0 Å². The van der Waals surface area contributed by atoms with Gasteiger partial charge in [0.05, 0.1) is 0 Å². The maximum Gasteiger partial charge on any atom is 0.0109 e. The quantitative estimate of drug-likeness (QED) is 0.655. The molecule has 1 atom stereocenters. The first-order valence-electron chi connectivity index (χ1n) is 6.78. The van der Waals surface area contributed by atoms with Crippen LogP contribution in [0.3, 0.4) is 0 Å². The van der Waals surface area contributed by atoms with Crippen LogP contribution in [-0.4, -0.2) is 55.3 Å². The number of nitrogens with zero attached hydrogens (tertiary/aromatic N) is 2. The average Bonchev–Trinajstić information content (AvgIpc) is 2.78. The fourth-order valence-electron chi connectivity index (χ4n) is 2.50. The van der Waals surface area contributed by atoms with Gasteiger partial charge in [0.2, 0.25) is 0 Å². The van der Waals surface area contributed by atoms with Crippen LogP contribution >= 0.6 is 12.6 Å². The van der Waals surface area contributed by atoms with Crippen molar-refractivity contribution in [1.29, 1.82) is 0 Å². The van der Waals surface area contributed by atoms with E-state index in [1.807, 2.05) is 0 Å². The van der Waals surface area contributed by atoms with Gasteiger partial charge in [-0.2, -0.15) is 12.6 Å². The second-order valence-corrected chi connectivity index (χ2v) is 5.51. The highest BCUT2D eigenvalue weighted by atomic mass is 32.1. The van der Waals surface area contributed by atoms with Crippen LogP contribution in [0.4, 0.5) is 0 Å². The summed E-state index contributed by atoms with van der Waals surface area (Å²) in [6, 6.07) is 0. The van der Waals surface area contributed by atoms with Crippen molar-refractivity contribution in [2.24, 2.45) is 5.92 Å². The second-order valence-electron chi connectivity index (χ2n) is 5.15. The Morgan fingerprint density at radius 3 is 2.56 bits per heavy atom. The van der Waals surface area contributed by atoms with Gasteiger partial charge >= 0.3 is 0 Å². The van der Waals surface area contributed by atoms with Crippen LogP contribution in [0.15, 0.2) is 0 Å². The van der Waals surface area contributed by atoms with E-state index in [4.69, 9.17) is 0 Å². The van der Waals surface area contributed by atoms with E-state index in [0.29, 0.717) is 0 Å². The normalized spacial score (nSPS) is 19.5. The van der Waals surface area contributed by atoms with Crippen molar-refractivity contribution in [1.82, 2.24) is 9.80 Å². The van der Waals surface area contributed by atoms with Gasteiger partial charge in [-0.05, 0) is 51.1 Å². The van der Waals surface area contributed by atoms with Gasteiger partial charge in [0.15, 0.2) is 0 Å². The van der Waals surface area contributed by atoms with Gasteiger partial charge in [0, 0.05) is 19.6 Å². The van der Waals surface area contributed by atoms with E-state index in [-0.39, 0.29) is 0 Å². The first kappa shape index (κ1) is 14.3. The van der Waals surface area contributed by atoms with Crippen LogP contribution in [0.1, 0.15) is 32.6 Å². The summed E-state index contributed by atoms with van der Waals surface area (Å²) in [7, 11) is 2.25. The summed E-state index contributed by atoms with van der Waals surface area (Å²) in [5.41, 5.74) is 0. The van der Waals surface area contributed by atoms with E-state index < -0.39 is 0 Å². The number of likely N-dealkylation sites (N-methyl/N-ethyl adjacent to an activating group) is 1. The van der Waals surface area contributed by atoms with Gasteiger partial charge in [-0.25, -0.2) is 0 Å². The summed E-state index contributed by atoms with van der Waals surface area (Å²) >= 11 is 4.44. The standard InChI is InChI=1S/C13H28N2S/c1-3-6-13(12-16)11-14(2)9-10-15-7-4-5-8-15/h13,16H,3-12H2,1-2H3. The molecule has 2 nitrogen and oxygen atoms in total. The van der Waals surface area contributed by atoms with Crippen LogP contribution < -0.4 is 0 Å². The number of rotatable bonds is 8. The molecule has 0 aromatic rings. The molecule has 96 valence electrons. The van der Waals surface area contributed by atoms with Crippen LogP contribution in [0, 0.1) is 5.92 Å². The Bertz CT molecular complexity index is 169. The third-order valence-corrected chi connectivity index (χ3v) is 4.04. The molecular weight excluding hydrogens is 216 g/mol. The molecule has 1 heterocycles. The van der Waals surface area contributed by atoms with Crippen molar-refractivity contribution in [2.75, 3.05) is 45.5 Å². The fourth-order valence-corrected chi connectivity index (χ4v) is 2.80. The van der Waals surface area contributed by atoms with Crippen LogP contribution in [0.25, 0.3) is 0 Å². The van der Waals surface area contributed by atoms with E-state index in [0.717, 1.165) is 11.7 Å². The molecule has 1 aliphatic rings. The molecule has 16 heavy (non-hydrogen) atoms. The Hall–Kier alpha value is 0.270. The lowest BCUT2D eigenvalue weighted by Gasteiger charge is -2.25. The van der Waals surface area contributed by atoms with Crippen molar-refractivity contribution in [2.45, 2.75) is 32.6 Å². The maximum atomic E-state index is 4.44. The predicted octanol–water partition coefficient (Wildman–Crippen LogP) is 2.36. The molecule has 1 saturated heterocycles. The third kappa shape index (κ3) is 5.55. The number of hydrogen-bond acceptors (Lipinski definition) is 3. The molecule has 0 spiro atoms. The number of thiol groups is 1.